The Morgan fingerprint density at radius 2 is 1.73 bits per heavy atom. The van der Waals surface area contributed by atoms with Gasteiger partial charge in [-0.1, -0.05) is 30.3 Å². The molecule has 0 aliphatic carbocycles. The average molecular weight is 735 g/mol. The Balaban J connectivity index is 1.66. The van der Waals surface area contributed by atoms with E-state index in [4.69, 9.17) is 4.74 Å². The third-order valence-electron chi connectivity index (χ3n) is 6.10. The van der Waals surface area contributed by atoms with Crippen molar-refractivity contribution >= 4 is 45.4 Å². The number of alkyl halides is 2. The first-order valence-corrected chi connectivity index (χ1v) is 17.1. The van der Waals surface area contributed by atoms with Crippen molar-refractivity contribution in [2.45, 2.75) is 36.4 Å². The van der Waals surface area contributed by atoms with E-state index in [0.29, 0.717) is 18.4 Å². The van der Waals surface area contributed by atoms with Crippen molar-refractivity contribution in [1.82, 2.24) is 10.0 Å². The normalized spacial score (nSPS) is 13.5. The maximum absolute atomic E-state index is 13.2. The molecule has 0 fully saturated rings. The predicted molar refractivity (Wildman–Crippen MR) is 162 cm³/mol. The number of aromatic hydroxyl groups is 1. The van der Waals surface area contributed by atoms with E-state index >= 15 is 0 Å². The smallest absolute Gasteiger partial charge is 0.442 e. The number of benzene rings is 3. The van der Waals surface area contributed by atoms with Crippen LogP contribution in [0.1, 0.15) is 28.8 Å². The number of rotatable bonds is 16. The van der Waals surface area contributed by atoms with Gasteiger partial charge < -0.3 is 29.3 Å². The van der Waals surface area contributed by atoms with Gasteiger partial charge in [-0.25, -0.2) is 17.8 Å². The second-order valence-electron chi connectivity index (χ2n) is 9.38. The molecule has 0 aromatic heterocycles. The summed E-state index contributed by atoms with van der Waals surface area (Å²) in [5.74, 6) is -1.95. The number of carbonyl (C=O) groups is 2. The van der Waals surface area contributed by atoms with Gasteiger partial charge in [0.05, 0.1) is 23.1 Å². The Morgan fingerprint density at radius 3 is 2.38 bits per heavy atom. The van der Waals surface area contributed by atoms with Crippen LogP contribution in [0.2, 0.25) is 0 Å². The number of amides is 1. The number of nitrogens with one attached hydrogen (secondary N) is 2. The molecule has 0 spiro atoms. The fourth-order valence-corrected chi connectivity index (χ4v) is 6.27. The molecular weight excluding hydrogens is 705 g/mol. The van der Waals surface area contributed by atoms with E-state index in [1.54, 1.807) is 6.07 Å². The summed E-state index contributed by atoms with van der Waals surface area (Å²) in [7, 11) is -8.22. The number of hydrogen-bond donors (Lipinski definition) is 4. The number of carbonyl (C=O) groups excluding carboxylic acids is 2. The van der Waals surface area contributed by atoms with Gasteiger partial charge in [0.25, 0.3) is 0 Å². The summed E-state index contributed by atoms with van der Waals surface area (Å²) in [4.78, 5) is 34.4. The Bertz CT molecular complexity index is 1650. The van der Waals surface area contributed by atoms with Crippen molar-refractivity contribution < 1.29 is 55.4 Å². The lowest BCUT2D eigenvalue weighted by Gasteiger charge is -2.20. The fraction of sp³-hybridized carbons (Fsp3) is 0.286. The summed E-state index contributed by atoms with van der Waals surface area (Å²) in [6.45, 7) is 0.258. The number of halogens is 3. The molecule has 3 rings (SSSR count). The van der Waals surface area contributed by atoms with Gasteiger partial charge in [0.1, 0.15) is 28.9 Å². The molecule has 3 aromatic rings. The molecule has 0 saturated heterocycles. The van der Waals surface area contributed by atoms with Crippen molar-refractivity contribution in [3.05, 3.63) is 82.3 Å². The van der Waals surface area contributed by atoms with E-state index in [1.165, 1.54) is 61.7 Å². The maximum atomic E-state index is 13.2. The number of phenolic OH excluding ortho intramolecular Hbond substituents is 1. The van der Waals surface area contributed by atoms with E-state index in [0.717, 1.165) is 6.07 Å². The number of esters is 1. The number of phenols is 1. The molecule has 4 N–H and O–H groups in total. The van der Waals surface area contributed by atoms with Gasteiger partial charge in [0.15, 0.2) is 0 Å². The van der Waals surface area contributed by atoms with E-state index in [9.17, 15) is 41.4 Å². The standard InChI is InChI=1S/C28H30BrF2N2O10PS/c1-41-27(36)25-22(34)10-7-11-24(25)42-15-6-5-14-32-26(35)21(33-45(39,40)19-8-3-2-4-9-19)17-18-12-13-23(20(29)16-18)43-44(37,38)28(30)31/h2-4,7-13,16,21,28,33-34H,5-6,14-15,17H2,1H3,(H,32,35)(H,37,38). The Kier molecular flexibility index (Phi) is 12.9. The second kappa shape index (κ2) is 16.1. The zero-order chi connectivity index (χ0) is 33.2. The maximum Gasteiger partial charge on any atom is 0.442 e. The van der Waals surface area contributed by atoms with Gasteiger partial charge in [-0.2, -0.15) is 13.5 Å². The zero-order valence-corrected chi connectivity index (χ0v) is 27.0. The minimum atomic E-state index is -5.24. The minimum absolute atomic E-state index is 0.0297. The van der Waals surface area contributed by atoms with Gasteiger partial charge in [-0.05, 0) is 77.2 Å². The van der Waals surface area contributed by atoms with E-state index in [-0.39, 0.29) is 51.8 Å². The molecule has 0 bridgehead atoms. The van der Waals surface area contributed by atoms with Crippen LogP contribution in [0.3, 0.4) is 0 Å². The van der Waals surface area contributed by atoms with Crippen LogP contribution < -0.4 is 19.3 Å². The van der Waals surface area contributed by atoms with Crippen LogP contribution in [0.5, 0.6) is 17.2 Å². The predicted octanol–water partition coefficient (Wildman–Crippen LogP) is 4.59. The van der Waals surface area contributed by atoms with Gasteiger partial charge >= 0.3 is 19.7 Å². The van der Waals surface area contributed by atoms with Crippen molar-refractivity contribution in [2.24, 2.45) is 0 Å². The third kappa shape index (κ3) is 10.2. The Morgan fingerprint density at radius 1 is 1.02 bits per heavy atom. The van der Waals surface area contributed by atoms with Crippen molar-refractivity contribution in [3.8, 4) is 17.2 Å². The first kappa shape index (κ1) is 35.9. The van der Waals surface area contributed by atoms with Gasteiger partial charge in [-0.3, -0.25) is 4.79 Å². The average Bonchev–Trinajstić information content (AvgIpc) is 2.99. The largest absolute Gasteiger partial charge is 0.507 e. The van der Waals surface area contributed by atoms with Gasteiger partial charge in [-0.15, -0.1) is 0 Å². The van der Waals surface area contributed by atoms with Crippen LogP contribution in [0.15, 0.2) is 76.1 Å². The lowest BCUT2D eigenvalue weighted by molar-refractivity contribution is -0.122. The van der Waals surface area contributed by atoms with Gasteiger partial charge in [0.2, 0.25) is 15.9 Å². The number of sulfonamides is 1. The summed E-state index contributed by atoms with van der Waals surface area (Å²) >= 11 is 3.08. The van der Waals surface area contributed by atoms with Crippen molar-refractivity contribution in [1.29, 1.82) is 0 Å². The van der Waals surface area contributed by atoms with E-state index < -0.39 is 41.7 Å². The fourth-order valence-electron chi connectivity index (χ4n) is 3.90. The minimum Gasteiger partial charge on any atom is -0.507 e. The molecule has 0 heterocycles. The summed E-state index contributed by atoms with van der Waals surface area (Å²) in [5, 5.41) is 12.6. The highest BCUT2D eigenvalue weighted by Gasteiger charge is 2.35. The van der Waals surface area contributed by atoms with Crippen LogP contribution in [-0.2, 0) is 30.5 Å². The highest BCUT2D eigenvalue weighted by molar-refractivity contribution is 9.10. The molecule has 2 atom stereocenters. The highest BCUT2D eigenvalue weighted by atomic mass is 79.9. The molecular formula is C28H30BrF2N2O10PS. The molecule has 45 heavy (non-hydrogen) atoms. The molecule has 0 radical (unpaired) electrons. The molecule has 3 aromatic carbocycles. The molecule has 12 nitrogen and oxygen atoms in total. The van der Waals surface area contributed by atoms with Crippen LogP contribution in [0.25, 0.3) is 0 Å². The summed E-state index contributed by atoms with van der Waals surface area (Å²) < 4.78 is 80.5. The first-order valence-electron chi connectivity index (χ1n) is 13.2. The number of hydrogen-bond acceptors (Lipinski definition) is 9. The quantitative estimate of drug-likeness (QED) is 0.0925. The highest BCUT2D eigenvalue weighted by Crippen LogP contribution is 2.50. The SMILES string of the molecule is COC(=O)c1c(O)cccc1OCCCCNC(=O)C(Cc1ccc(OP(=O)(O)C(F)F)c(Br)c1)NS(=O)(=O)c1ccccc1. The molecule has 0 saturated carbocycles. The number of methoxy groups -OCH3 is 1. The number of ether oxygens (including phenoxy) is 2. The zero-order valence-electron chi connectivity index (χ0n) is 23.7. The first-order chi connectivity index (χ1) is 21.2. The molecule has 0 aliphatic heterocycles. The third-order valence-corrected chi connectivity index (χ3v) is 9.16. The summed E-state index contributed by atoms with van der Waals surface area (Å²) in [6, 6.07) is 14.2. The molecule has 2 unspecified atom stereocenters. The monoisotopic (exact) mass is 734 g/mol. The molecule has 0 aliphatic rings. The molecule has 17 heteroatoms. The summed E-state index contributed by atoms with van der Waals surface area (Å²) in [5.41, 5.74) is 0.253. The Labute approximate surface area is 266 Å². The van der Waals surface area contributed by atoms with Crippen molar-refractivity contribution in [2.75, 3.05) is 20.3 Å². The summed E-state index contributed by atoms with van der Waals surface area (Å²) in [6.07, 6.45) is -2.99. The van der Waals surface area contributed by atoms with Crippen LogP contribution in [0, 0.1) is 0 Å². The van der Waals surface area contributed by atoms with Gasteiger partial charge in [0, 0.05) is 6.54 Å². The lowest BCUT2D eigenvalue weighted by Crippen LogP contribution is -2.48. The molecule has 1 amide bonds. The van der Waals surface area contributed by atoms with Crippen molar-refractivity contribution in [3.63, 3.8) is 0 Å². The Hall–Kier alpha value is -3.56. The lowest BCUT2D eigenvalue weighted by atomic mass is 10.1. The topological polar surface area (TPSA) is 178 Å². The van der Waals surface area contributed by atoms with E-state index in [2.05, 4.69) is 35.2 Å². The number of unbranched alkanes of at least 4 members (excludes halogenated alkanes) is 1. The second-order valence-corrected chi connectivity index (χ2v) is 13.6. The van der Waals surface area contributed by atoms with Crippen LogP contribution >= 0.6 is 23.5 Å². The molecule has 244 valence electrons. The van der Waals surface area contributed by atoms with Crippen LogP contribution in [0.4, 0.5) is 8.78 Å². The van der Waals surface area contributed by atoms with Crippen LogP contribution in [-0.4, -0.2) is 62.8 Å². The van der Waals surface area contributed by atoms with E-state index in [1.807, 2.05) is 0 Å².